The zero-order valence-corrected chi connectivity index (χ0v) is 30.5. The van der Waals surface area contributed by atoms with Crippen molar-refractivity contribution in [2.24, 2.45) is 5.92 Å². The van der Waals surface area contributed by atoms with Crippen LogP contribution in [0.25, 0.3) is 22.3 Å². The number of nitrogens with one attached hydrogen (secondary N) is 1. The Morgan fingerprint density at radius 2 is 1.62 bits per heavy atom. The normalized spacial score (nSPS) is 20.7. The molecular formula is C37H40F4N6O8. The van der Waals surface area contributed by atoms with E-state index in [0.717, 1.165) is 33.1 Å². The van der Waals surface area contributed by atoms with E-state index in [1.54, 1.807) is 34.6 Å². The number of esters is 1. The molecule has 6 atom stereocenters. The quantitative estimate of drug-likeness (QED) is 0.102. The molecule has 0 bridgehead atoms. The van der Waals surface area contributed by atoms with Gasteiger partial charge in [-0.1, -0.05) is 68.8 Å². The number of rotatable bonds is 10. The van der Waals surface area contributed by atoms with Gasteiger partial charge in [0.25, 0.3) is 0 Å². The third-order valence-corrected chi connectivity index (χ3v) is 9.34. The number of nitrogens with two attached hydrogens (primary N) is 1. The summed E-state index contributed by atoms with van der Waals surface area (Å²) in [5.41, 5.74) is 7.97. The largest absolute Gasteiger partial charge is 0.509 e. The summed E-state index contributed by atoms with van der Waals surface area (Å²) >= 11 is 0. The maximum absolute atomic E-state index is 16.2. The minimum atomic E-state index is -5.00. The van der Waals surface area contributed by atoms with Crippen molar-refractivity contribution in [2.45, 2.75) is 89.4 Å². The standard InChI is InChI=1S/C37H40F4N6O8/c1-6-18(2)26(44-34(49)52-15-23-21-13-9-7-11-19(21)20-12-8-10-14-22(20)23)32(48)51-16-24-28(54-35(50)55-36(3,4)5)25(38)31(53-24)47-17-43-27-29(42)45-33(37(39,40)41)46-30(27)47/h7-14,17-18,23-26,28,31H,6,15-16H2,1-5H3,(H,44,49)(H2,42,45,46)/t18-,24-,25+,26-,28-,31-/m1/s1. The second-order valence-corrected chi connectivity index (χ2v) is 14.3. The first-order chi connectivity index (χ1) is 26.0. The number of ether oxygens (including phenoxy) is 5. The van der Waals surface area contributed by atoms with Crippen LogP contribution < -0.4 is 11.1 Å². The first-order valence-corrected chi connectivity index (χ1v) is 17.5. The van der Waals surface area contributed by atoms with Gasteiger partial charge in [-0.2, -0.15) is 13.2 Å². The molecule has 1 aliphatic heterocycles. The lowest BCUT2D eigenvalue weighted by atomic mass is 9.98. The lowest BCUT2D eigenvalue weighted by Gasteiger charge is -2.25. The fourth-order valence-electron chi connectivity index (χ4n) is 6.52. The van der Waals surface area contributed by atoms with Gasteiger partial charge >= 0.3 is 24.4 Å². The average molecular weight is 773 g/mol. The molecule has 3 heterocycles. The van der Waals surface area contributed by atoms with Crippen LogP contribution in [0.15, 0.2) is 54.9 Å². The second-order valence-electron chi connectivity index (χ2n) is 14.3. The molecule has 0 saturated carbocycles. The lowest BCUT2D eigenvalue weighted by molar-refractivity contribution is -0.154. The number of aromatic nitrogens is 4. The maximum atomic E-state index is 16.2. The predicted octanol–water partition coefficient (Wildman–Crippen LogP) is 6.48. The highest BCUT2D eigenvalue weighted by atomic mass is 19.4. The fourth-order valence-corrected chi connectivity index (χ4v) is 6.52. The van der Waals surface area contributed by atoms with Gasteiger partial charge in [0.2, 0.25) is 5.82 Å². The molecule has 3 N–H and O–H groups in total. The molecule has 0 spiro atoms. The minimum absolute atomic E-state index is 0.00895. The second kappa shape index (κ2) is 15.3. The molecule has 2 aromatic carbocycles. The van der Waals surface area contributed by atoms with Crippen LogP contribution in [-0.2, 0) is 34.7 Å². The average Bonchev–Trinajstić information content (AvgIpc) is 3.79. The summed E-state index contributed by atoms with van der Waals surface area (Å²) in [7, 11) is 0. The summed E-state index contributed by atoms with van der Waals surface area (Å²) in [6.45, 7) is 7.43. The summed E-state index contributed by atoms with van der Waals surface area (Å²) < 4.78 is 85.2. The van der Waals surface area contributed by atoms with Gasteiger partial charge in [-0.15, -0.1) is 0 Å². The van der Waals surface area contributed by atoms with Crippen molar-refractivity contribution in [1.82, 2.24) is 24.8 Å². The van der Waals surface area contributed by atoms with E-state index >= 15 is 4.39 Å². The third-order valence-electron chi connectivity index (χ3n) is 9.34. The van der Waals surface area contributed by atoms with Crippen LogP contribution in [0.4, 0.5) is 33.0 Å². The summed E-state index contributed by atoms with van der Waals surface area (Å²) in [5, 5.41) is 2.58. The molecule has 6 rings (SSSR count). The molecule has 2 aliphatic rings. The van der Waals surface area contributed by atoms with Crippen LogP contribution in [0.1, 0.15) is 70.1 Å². The SMILES string of the molecule is CC[C@@H](C)[C@@H](NC(=O)OCC1c2ccccc2-c2ccccc21)C(=O)OC[C@H]1O[C@@H](n2cnc3c(N)nc(C(F)(F)F)nc32)[C@@H](F)[C@@H]1OC(=O)OC(C)(C)C. The Balaban J connectivity index is 1.17. The van der Waals surface area contributed by atoms with E-state index in [2.05, 4.69) is 20.3 Å². The highest BCUT2D eigenvalue weighted by Crippen LogP contribution is 2.44. The van der Waals surface area contributed by atoms with Crippen LogP contribution in [0.5, 0.6) is 0 Å². The molecule has 0 unspecified atom stereocenters. The predicted molar refractivity (Wildman–Crippen MR) is 187 cm³/mol. The van der Waals surface area contributed by atoms with Crippen LogP contribution in [0.2, 0.25) is 0 Å². The molecule has 14 nitrogen and oxygen atoms in total. The van der Waals surface area contributed by atoms with E-state index in [1.807, 2.05) is 48.5 Å². The Hall–Kier alpha value is -5.52. The number of hydrogen-bond acceptors (Lipinski definition) is 12. The first kappa shape index (κ1) is 39.2. The van der Waals surface area contributed by atoms with E-state index in [-0.39, 0.29) is 18.0 Å². The van der Waals surface area contributed by atoms with Crippen molar-refractivity contribution < 1.29 is 55.6 Å². The summed E-state index contributed by atoms with van der Waals surface area (Å²) in [5.74, 6) is -3.83. The third kappa shape index (κ3) is 8.28. The fraction of sp³-hybridized carbons (Fsp3) is 0.459. The summed E-state index contributed by atoms with van der Waals surface area (Å²) in [6, 6.07) is 14.4. The molecule has 4 aromatic rings. The van der Waals surface area contributed by atoms with Crippen molar-refractivity contribution in [2.75, 3.05) is 18.9 Å². The van der Waals surface area contributed by atoms with Crippen molar-refractivity contribution in [1.29, 1.82) is 0 Å². The van der Waals surface area contributed by atoms with Gasteiger partial charge < -0.3 is 34.7 Å². The lowest BCUT2D eigenvalue weighted by Crippen LogP contribution is -2.47. The molecular weight excluding hydrogens is 732 g/mol. The van der Waals surface area contributed by atoms with Crippen molar-refractivity contribution in [3.05, 3.63) is 71.8 Å². The van der Waals surface area contributed by atoms with Gasteiger partial charge in [0.15, 0.2) is 30.0 Å². The maximum Gasteiger partial charge on any atom is 0.509 e. The molecule has 294 valence electrons. The Kier molecular flexibility index (Phi) is 10.9. The van der Waals surface area contributed by atoms with Crippen molar-refractivity contribution in [3.63, 3.8) is 0 Å². The topological polar surface area (TPSA) is 179 Å². The molecule has 0 radical (unpaired) electrons. The van der Waals surface area contributed by atoms with Crippen LogP contribution in [0, 0.1) is 5.92 Å². The number of alkyl halides is 4. The number of carbonyl (C=O) groups excluding carboxylic acids is 3. The molecule has 1 saturated heterocycles. The van der Waals surface area contributed by atoms with Crippen molar-refractivity contribution >= 4 is 35.2 Å². The smallest absolute Gasteiger partial charge is 0.461 e. The number of hydrogen-bond donors (Lipinski definition) is 2. The zero-order valence-electron chi connectivity index (χ0n) is 30.5. The number of fused-ring (bicyclic) bond motifs is 4. The van der Waals surface area contributed by atoms with Crippen LogP contribution in [0.3, 0.4) is 0 Å². The molecule has 1 aliphatic carbocycles. The number of nitrogen functional groups attached to an aromatic ring is 1. The Labute approximate surface area is 312 Å². The number of amides is 1. The van der Waals surface area contributed by atoms with E-state index in [0.29, 0.717) is 6.42 Å². The number of benzene rings is 2. The van der Waals surface area contributed by atoms with Crippen molar-refractivity contribution in [3.8, 4) is 11.1 Å². The highest BCUT2D eigenvalue weighted by Gasteiger charge is 2.51. The first-order valence-electron chi connectivity index (χ1n) is 17.5. The van der Waals surface area contributed by atoms with Crippen LogP contribution >= 0.6 is 0 Å². The molecule has 18 heteroatoms. The van der Waals surface area contributed by atoms with Gasteiger partial charge in [0.1, 0.15) is 36.5 Å². The number of alkyl carbamates (subject to hydrolysis) is 1. The van der Waals surface area contributed by atoms with Gasteiger partial charge in [-0.05, 0) is 48.9 Å². The number of imidazole rings is 1. The Morgan fingerprint density at radius 3 is 2.22 bits per heavy atom. The van der Waals surface area contributed by atoms with Gasteiger partial charge in [0, 0.05) is 5.92 Å². The molecule has 55 heavy (non-hydrogen) atoms. The van der Waals surface area contributed by atoms with E-state index in [9.17, 15) is 27.6 Å². The molecule has 1 fully saturated rings. The van der Waals surface area contributed by atoms with E-state index < -0.39 is 90.5 Å². The highest BCUT2D eigenvalue weighted by molar-refractivity contribution is 5.83. The van der Waals surface area contributed by atoms with E-state index in [4.69, 9.17) is 29.4 Å². The summed E-state index contributed by atoms with van der Waals surface area (Å²) in [6.07, 6.45) is -13.1. The Bertz CT molecular complexity index is 2030. The molecule has 2 aromatic heterocycles. The van der Waals surface area contributed by atoms with Crippen LogP contribution in [-0.4, -0.2) is 81.0 Å². The monoisotopic (exact) mass is 772 g/mol. The van der Waals surface area contributed by atoms with Gasteiger partial charge in [-0.3, -0.25) is 4.57 Å². The van der Waals surface area contributed by atoms with E-state index in [1.165, 1.54) is 0 Å². The minimum Gasteiger partial charge on any atom is -0.461 e. The number of halogens is 4. The number of nitrogens with zero attached hydrogens (tertiary/aromatic N) is 4. The summed E-state index contributed by atoms with van der Waals surface area (Å²) in [4.78, 5) is 50.0. The van der Waals surface area contributed by atoms with Gasteiger partial charge in [-0.25, -0.2) is 33.7 Å². The number of carbonyl (C=O) groups is 3. The Morgan fingerprint density at radius 1 is 0.982 bits per heavy atom. The molecule has 1 amide bonds. The number of anilines is 1. The zero-order chi connectivity index (χ0) is 39.8. The van der Waals surface area contributed by atoms with Gasteiger partial charge in [0.05, 0.1) is 6.33 Å².